The molecule has 1 aliphatic rings. The first-order valence-electron chi connectivity index (χ1n) is 9.48. The highest BCUT2D eigenvalue weighted by Crippen LogP contribution is 2.44. The van der Waals surface area contributed by atoms with Gasteiger partial charge in [-0.1, -0.05) is 42.5 Å². The second-order valence-corrected chi connectivity index (χ2v) is 7.58. The molecule has 136 valence electrons. The molecule has 0 saturated heterocycles. The number of benzene rings is 3. The van der Waals surface area contributed by atoms with Gasteiger partial charge in [0.05, 0.1) is 11.7 Å². The van der Waals surface area contributed by atoms with Gasteiger partial charge in [-0.2, -0.15) is 0 Å². The van der Waals surface area contributed by atoms with Crippen molar-refractivity contribution in [2.75, 3.05) is 0 Å². The Morgan fingerprint density at radius 3 is 2.37 bits per heavy atom. The maximum atomic E-state index is 12.1. The normalized spacial score (nSPS) is 12.0. The number of hydrogen-bond acceptors (Lipinski definition) is 2. The number of carbonyl (C=O) groups is 1. The van der Waals surface area contributed by atoms with Crippen molar-refractivity contribution in [1.82, 2.24) is 0 Å². The smallest absolute Gasteiger partial charge is 0.338 e. The lowest BCUT2D eigenvalue weighted by atomic mass is 9.88. The molecule has 0 atom stereocenters. The zero-order valence-electron chi connectivity index (χ0n) is 16.3. The highest BCUT2D eigenvalue weighted by atomic mass is 16.5. The Labute approximate surface area is 160 Å². The number of aryl methyl sites for hydroxylation is 1. The van der Waals surface area contributed by atoms with Gasteiger partial charge in [-0.15, -0.1) is 0 Å². The molecule has 0 saturated carbocycles. The lowest BCUT2D eigenvalue weighted by Crippen LogP contribution is -2.11. The van der Waals surface area contributed by atoms with Crippen molar-refractivity contribution in [3.63, 3.8) is 0 Å². The monoisotopic (exact) mass is 356 g/mol. The maximum absolute atomic E-state index is 12.1. The van der Waals surface area contributed by atoms with E-state index in [4.69, 9.17) is 4.74 Å². The van der Waals surface area contributed by atoms with Crippen LogP contribution in [-0.4, -0.2) is 12.1 Å². The third-order valence-corrected chi connectivity index (χ3v) is 5.38. The number of hydrogen-bond donors (Lipinski definition) is 0. The van der Waals surface area contributed by atoms with Crippen LogP contribution in [0.5, 0.6) is 0 Å². The number of carbonyl (C=O) groups excluding carboxylic acids is 1. The quantitative estimate of drug-likeness (QED) is 0.414. The molecule has 4 rings (SSSR count). The SMILES string of the molecule is Cc1cc2c(c(-c3ccc(C(=O)OC(C)C)cc3)c1C)Cc1ccccc1-2. The van der Waals surface area contributed by atoms with E-state index in [2.05, 4.69) is 44.2 Å². The molecule has 0 heterocycles. The summed E-state index contributed by atoms with van der Waals surface area (Å²) in [5, 5.41) is 0. The summed E-state index contributed by atoms with van der Waals surface area (Å²) < 4.78 is 5.30. The molecule has 3 aromatic carbocycles. The minimum atomic E-state index is -0.268. The predicted octanol–water partition coefficient (Wildman–Crippen LogP) is 6.11. The molecule has 0 N–H and O–H groups in total. The molecule has 0 aliphatic heterocycles. The molecular formula is C25H24O2. The fourth-order valence-corrected chi connectivity index (χ4v) is 3.97. The lowest BCUT2D eigenvalue weighted by Gasteiger charge is -2.16. The molecule has 2 nitrogen and oxygen atoms in total. The van der Waals surface area contributed by atoms with Gasteiger partial charge in [-0.05, 0) is 90.8 Å². The first kappa shape index (κ1) is 17.5. The number of ether oxygens (including phenoxy) is 1. The Morgan fingerprint density at radius 1 is 0.963 bits per heavy atom. The number of fused-ring (bicyclic) bond motifs is 3. The second kappa shape index (κ2) is 6.70. The van der Waals surface area contributed by atoms with E-state index in [1.807, 2.05) is 38.1 Å². The molecular weight excluding hydrogens is 332 g/mol. The lowest BCUT2D eigenvalue weighted by molar-refractivity contribution is 0.0378. The third-order valence-electron chi connectivity index (χ3n) is 5.38. The molecule has 0 bridgehead atoms. The topological polar surface area (TPSA) is 26.3 Å². The summed E-state index contributed by atoms with van der Waals surface area (Å²) in [7, 11) is 0. The van der Waals surface area contributed by atoms with E-state index in [0.717, 1.165) is 12.0 Å². The Balaban J connectivity index is 1.79. The van der Waals surface area contributed by atoms with Crippen LogP contribution in [0.1, 0.15) is 46.5 Å². The highest BCUT2D eigenvalue weighted by Gasteiger charge is 2.24. The zero-order chi connectivity index (χ0) is 19.1. The predicted molar refractivity (Wildman–Crippen MR) is 110 cm³/mol. The van der Waals surface area contributed by atoms with Crippen LogP contribution in [0, 0.1) is 13.8 Å². The average Bonchev–Trinajstić information content (AvgIpc) is 3.00. The van der Waals surface area contributed by atoms with Crippen LogP contribution in [0.4, 0.5) is 0 Å². The molecule has 1 aliphatic carbocycles. The van der Waals surface area contributed by atoms with Gasteiger partial charge >= 0.3 is 5.97 Å². The fourth-order valence-electron chi connectivity index (χ4n) is 3.97. The first-order chi connectivity index (χ1) is 13.0. The van der Waals surface area contributed by atoms with E-state index in [1.165, 1.54) is 38.9 Å². The summed E-state index contributed by atoms with van der Waals surface area (Å²) in [4.78, 5) is 12.1. The van der Waals surface area contributed by atoms with E-state index in [0.29, 0.717) is 5.56 Å². The standard InChI is InChI=1S/C25H24O2/c1-15(2)27-25(26)19-11-9-18(10-12-19)24-17(4)16(3)13-22-21-8-6-5-7-20(21)14-23(22)24/h5-13,15H,14H2,1-4H3. The van der Waals surface area contributed by atoms with Crippen molar-refractivity contribution in [3.05, 3.63) is 82.4 Å². The van der Waals surface area contributed by atoms with E-state index >= 15 is 0 Å². The summed E-state index contributed by atoms with van der Waals surface area (Å²) in [6.45, 7) is 8.09. The Hall–Kier alpha value is -2.87. The van der Waals surface area contributed by atoms with Crippen LogP contribution in [0.3, 0.4) is 0 Å². The van der Waals surface area contributed by atoms with Gasteiger partial charge in [0.1, 0.15) is 0 Å². The van der Waals surface area contributed by atoms with E-state index in [-0.39, 0.29) is 12.1 Å². The molecule has 0 aromatic heterocycles. The van der Waals surface area contributed by atoms with Crippen molar-refractivity contribution in [3.8, 4) is 22.3 Å². The van der Waals surface area contributed by atoms with Gasteiger partial charge < -0.3 is 4.74 Å². The Bertz CT molecular complexity index is 1030. The summed E-state index contributed by atoms with van der Waals surface area (Å²) >= 11 is 0. The Kier molecular flexibility index (Phi) is 4.35. The fraction of sp³-hybridized carbons (Fsp3) is 0.240. The molecule has 0 unspecified atom stereocenters. The average molecular weight is 356 g/mol. The summed E-state index contributed by atoms with van der Waals surface area (Å²) in [5.74, 6) is -0.268. The molecule has 2 heteroatoms. The maximum Gasteiger partial charge on any atom is 0.338 e. The van der Waals surface area contributed by atoms with Crippen molar-refractivity contribution in [2.45, 2.75) is 40.2 Å². The zero-order valence-corrected chi connectivity index (χ0v) is 16.3. The van der Waals surface area contributed by atoms with Gasteiger partial charge in [0.25, 0.3) is 0 Å². The molecule has 3 aromatic rings. The summed E-state index contributed by atoms with van der Waals surface area (Å²) in [6.07, 6.45) is 0.844. The summed E-state index contributed by atoms with van der Waals surface area (Å²) in [6, 6.07) is 18.8. The molecule has 0 radical (unpaired) electrons. The second-order valence-electron chi connectivity index (χ2n) is 7.58. The van der Waals surface area contributed by atoms with Crippen LogP contribution in [0.15, 0.2) is 54.6 Å². The first-order valence-corrected chi connectivity index (χ1v) is 9.48. The van der Waals surface area contributed by atoms with Crippen LogP contribution >= 0.6 is 0 Å². The van der Waals surface area contributed by atoms with Gasteiger partial charge in [0.2, 0.25) is 0 Å². The summed E-state index contributed by atoms with van der Waals surface area (Å²) in [5.41, 5.74) is 11.1. The van der Waals surface area contributed by atoms with Crippen LogP contribution in [0.25, 0.3) is 22.3 Å². The van der Waals surface area contributed by atoms with Crippen molar-refractivity contribution in [2.24, 2.45) is 0 Å². The molecule has 0 spiro atoms. The largest absolute Gasteiger partial charge is 0.459 e. The van der Waals surface area contributed by atoms with E-state index < -0.39 is 0 Å². The minimum Gasteiger partial charge on any atom is -0.459 e. The van der Waals surface area contributed by atoms with Crippen molar-refractivity contribution < 1.29 is 9.53 Å². The van der Waals surface area contributed by atoms with Crippen molar-refractivity contribution in [1.29, 1.82) is 0 Å². The van der Waals surface area contributed by atoms with E-state index in [1.54, 1.807) is 0 Å². The van der Waals surface area contributed by atoms with Crippen LogP contribution in [0.2, 0.25) is 0 Å². The number of rotatable bonds is 3. The van der Waals surface area contributed by atoms with Crippen LogP contribution < -0.4 is 0 Å². The Morgan fingerprint density at radius 2 is 1.67 bits per heavy atom. The minimum absolute atomic E-state index is 0.113. The molecule has 0 amide bonds. The van der Waals surface area contributed by atoms with Gasteiger partial charge in [0.15, 0.2) is 0 Å². The third kappa shape index (κ3) is 3.06. The van der Waals surface area contributed by atoms with Crippen molar-refractivity contribution >= 4 is 5.97 Å². The van der Waals surface area contributed by atoms with Crippen LogP contribution in [-0.2, 0) is 11.2 Å². The molecule has 0 fully saturated rings. The van der Waals surface area contributed by atoms with Gasteiger partial charge in [-0.3, -0.25) is 0 Å². The molecule has 27 heavy (non-hydrogen) atoms. The highest BCUT2D eigenvalue weighted by molar-refractivity contribution is 5.91. The van der Waals surface area contributed by atoms with Gasteiger partial charge in [0, 0.05) is 0 Å². The van der Waals surface area contributed by atoms with E-state index in [9.17, 15) is 4.79 Å². The number of esters is 1. The van der Waals surface area contributed by atoms with Gasteiger partial charge in [-0.25, -0.2) is 4.79 Å².